The van der Waals surface area contributed by atoms with Crippen molar-refractivity contribution in [2.75, 3.05) is 46.8 Å². The Morgan fingerprint density at radius 1 is 1.20 bits per heavy atom. The van der Waals surface area contributed by atoms with Crippen LogP contribution in [0.1, 0.15) is 26.2 Å². The number of hydrogen-bond donors (Lipinski definition) is 1. The van der Waals surface area contributed by atoms with E-state index in [0.29, 0.717) is 19.5 Å². The van der Waals surface area contributed by atoms with Gasteiger partial charge in [-0.1, -0.05) is 6.92 Å². The van der Waals surface area contributed by atoms with Gasteiger partial charge in [-0.05, 0) is 12.8 Å². The normalized spacial score (nSPS) is 18.5. The fraction of sp³-hybridized carbons (Fsp3) is 0.857. The lowest BCUT2D eigenvalue weighted by molar-refractivity contribution is -0.131. The first kappa shape index (κ1) is 16.9. The molecule has 1 atom stereocenters. The van der Waals surface area contributed by atoms with Gasteiger partial charge in [-0.25, -0.2) is 0 Å². The zero-order valence-electron chi connectivity index (χ0n) is 13.0. The third-order valence-electron chi connectivity index (χ3n) is 3.76. The molecule has 0 bridgehead atoms. The van der Waals surface area contributed by atoms with E-state index >= 15 is 0 Å². The standard InChI is InChI=1S/C14H28N4O2/c1-4-12(15)10-13(19)18-7-5-6-17(8-9-18)11-14(20)16(2)3/h12H,4-11,15H2,1-3H3. The summed E-state index contributed by atoms with van der Waals surface area (Å²) in [6.07, 6.45) is 2.16. The largest absolute Gasteiger partial charge is 0.348 e. The SMILES string of the molecule is CCC(N)CC(=O)N1CCCN(CC(=O)N(C)C)CC1. The van der Waals surface area contributed by atoms with Crippen LogP contribution >= 0.6 is 0 Å². The van der Waals surface area contributed by atoms with Gasteiger partial charge in [0.2, 0.25) is 11.8 Å². The lowest BCUT2D eigenvalue weighted by atomic mass is 10.1. The number of carbonyl (C=O) groups excluding carboxylic acids is 2. The van der Waals surface area contributed by atoms with Crippen molar-refractivity contribution in [3.05, 3.63) is 0 Å². The summed E-state index contributed by atoms with van der Waals surface area (Å²) in [5.74, 6) is 0.248. The number of rotatable bonds is 5. The van der Waals surface area contributed by atoms with Crippen molar-refractivity contribution in [3.8, 4) is 0 Å². The Morgan fingerprint density at radius 2 is 1.90 bits per heavy atom. The van der Waals surface area contributed by atoms with E-state index in [-0.39, 0.29) is 17.9 Å². The fourth-order valence-electron chi connectivity index (χ4n) is 2.21. The molecule has 1 unspecified atom stereocenters. The van der Waals surface area contributed by atoms with E-state index in [1.54, 1.807) is 19.0 Å². The van der Waals surface area contributed by atoms with Gasteiger partial charge < -0.3 is 15.5 Å². The number of hydrogen-bond acceptors (Lipinski definition) is 4. The van der Waals surface area contributed by atoms with Gasteiger partial charge in [-0.15, -0.1) is 0 Å². The van der Waals surface area contributed by atoms with Crippen LogP contribution in [0, 0.1) is 0 Å². The van der Waals surface area contributed by atoms with E-state index in [4.69, 9.17) is 5.73 Å². The van der Waals surface area contributed by atoms with Gasteiger partial charge in [-0.3, -0.25) is 14.5 Å². The van der Waals surface area contributed by atoms with E-state index < -0.39 is 0 Å². The zero-order valence-corrected chi connectivity index (χ0v) is 13.0. The maximum Gasteiger partial charge on any atom is 0.236 e. The van der Waals surface area contributed by atoms with Crippen LogP contribution in [0.15, 0.2) is 0 Å². The highest BCUT2D eigenvalue weighted by Crippen LogP contribution is 2.07. The second kappa shape index (κ2) is 8.21. The third-order valence-corrected chi connectivity index (χ3v) is 3.76. The maximum absolute atomic E-state index is 12.1. The molecule has 0 aromatic rings. The number of nitrogens with two attached hydrogens (primary N) is 1. The summed E-state index contributed by atoms with van der Waals surface area (Å²) in [7, 11) is 3.53. The van der Waals surface area contributed by atoms with Crippen LogP contribution < -0.4 is 5.73 Å². The lowest BCUT2D eigenvalue weighted by Gasteiger charge is -2.23. The fourth-order valence-corrected chi connectivity index (χ4v) is 2.21. The van der Waals surface area contributed by atoms with Crippen LogP contribution in [0.4, 0.5) is 0 Å². The Hall–Kier alpha value is -1.14. The highest BCUT2D eigenvalue weighted by atomic mass is 16.2. The second-order valence-electron chi connectivity index (χ2n) is 5.67. The first-order valence-corrected chi connectivity index (χ1v) is 7.40. The van der Waals surface area contributed by atoms with Crippen molar-refractivity contribution in [1.29, 1.82) is 0 Å². The average molecular weight is 284 g/mol. The Morgan fingerprint density at radius 3 is 2.50 bits per heavy atom. The van der Waals surface area contributed by atoms with Crippen molar-refractivity contribution in [3.63, 3.8) is 0 Å². The summed E-state index contributed by atoms with van der Waals surface area (Å²) in [5.41, 5.74) is 5.84. The molecule has 2 amide bonds. The van der Waals surface area contributed by atoms with Crippen LogP contribution in [0.2, 0.25) is 0 Å². The molecule has 1 aliphatic rings. The van der Waals surface area contributed by atoms with Gasteiger partial charge >= 0.3 is 0 Å². The monoisotopic (exact) mass is 284 g/mol. The Kier molecular flexibility index (Phi) is 6.95. The summed E-state index contributed by atoms with van der Waals surface area (Å²) in [6, 6.07) is -0.0443. The minimum atomic E-state index is -0.0443. The van der Waals surface area contributed by atoms with E-state index in [1.807, 2.05) is 11.8 Å². The summed E-state index contributed by atoms with van der Waals surface area (Å²) in [6.45, 7) is 5.51. The van der Waals surface area contributed by atoms with E-state index in [2.05, 4.69) is 4.90 Å². The predicted molar refractivity (Wildman–Crippen MR) is 79.2 cm³/mol. The molecule has 1 heterocycles. The quantitative estimate of drug-likeness (QED) is 0.755. The minimum Gasteiger partial charge on any atom is -0.348 e. The molecule has 0 aromatic heterocycles. The number of nitrogens with zero attached hydrogens (tertiary/aromatic N) is 3. The molecule has 1 aliphatic heterocycles. The topological polar surface area (TPSA) is 69.9 Å². The molecule has 1 fully saturated rings. The molecular weight excluding hydrogens is 256 g/mol. The minimum absolute atomic E-state index is 0.0443. The van der Waals surface area contributed by atoms with Gasteiger partial charge in [0.15, 0.2) is 0 Å². The molecule has 6 nitrogen and oxygen atoms in total. The Bertz CT molecular complexity index is 333. The van der Waals surface area contributed by atoms with Gasteiger partial charge in [0.25, 0.3) is 0 Å². The van der Waals surface area contributed by atoms with Crippen LogP contribution in [-0.2, 0) is 9.59 Å². The van der Waals surface area contributed by atoms with Gasteiger partial charge in [0.05, 0.1) is 6.54 Å². The Labute approximate surface area is 121 Å². The lowest BCUT2D eigenvalue weighted by Crippen LogP contribution is -2.40. The molecule has 2 N–H and O–H groups in total. The maximum atomic E-state index is 12.1. The predicted octanol–water partition coefficient (Wildman–Crippen LogP) is -0.264. The smallest absolute Gasteiger partial charge is 0.236 e. The number of amides is 2. The third kappa shape index (κ3) is 5.46. The van der Waals surface area contributed by atoms with E-state index in [0.717, 1.165) is 32.5 Å². The summed E-state index contributed by atoms with van der Waals surface area (Å²) in [5, 5.41) is 0. The van der Waals surface area contributed by atoms with Crippen molar-refractivity contribution < 1.29 is 9.59 Å². The van der Waals surface area contributed by atoms with Crippen LogP contribution in [0.3, 0.4) is 0 Å². The molecule has 0 spiro atoms. The molecule has 0 aliphatic carbocycles. The molecule has 0 aromatic carbocycles. The first-order valence-electron chi connectivity index (χ1n) is 7.40. The van der Waals surface area contributed by atoms with Crippen molar-refractivity contribution in [2.45, 2.75) is 32.2 Å². The molecule has 0 saturated carbocycles. The zero-order chi connectivity index (χ0) is 15.1. The number of likely N-dealkylation sites (N-methyl/N-ethyl adjacent to an activating group) is 1. The van der Waals surface area contributed by atoms with Crippen LogP contribution in [0.25, 0.3) is 0 Å². The van der Waals surface area contributed by atoms with Gasteiger partial charge in [0.1, 0.15) is 0 Å². The highest BCUT2D eigenvalue weighted by molar-refractivity contribution is 5.78. The molecule has 0 radical (unpaired) electrons. The van der Waals surface area contributed by atoms with Crippen molar-refractivity contribution >= 4 is 11.8 Å². The first-order chi connectivity index (χ1) is 9.43. The second-order valence-corrected chi connectivity index (χ2v) is 5.67. The molecule has 1 rings (SSSR count). The Balaban J connectivity index is 2.43. The van der Waals surface area contributed by atoms with E-state index in [1.165, 1.54) is 0 Å². The molecule has 116 valence electrons. The van der Waals surface area contributed by atoms with Crippen molar-refractivity contribution in [2.24, 2.45) is 5.73 Å². The molecule has 6 heteroatoms. The summed E-state index contributed by atoms with van der Waals surface area (Å²) >= 11 is 0. The van der Waals surface area contributed by atoms with Gasteiger partial charge in [0, 0.05) is 52.7 Å². The van der Waals surface area contributed by atoms with Crippen LogP contribution in [0.5, 0.6) is 0 Å². The van der Waals surface area contributed by atoms with Crippen molar-refractivity contribution in [1.82, 2.24) is 14.7 Å². The highest BCUT2D eigenvalue weighted by Gasteiger charge is 2.21. The average Bonchev–Trinajstić information content (AvgIpc) is 2.64. The molecule has 1 saturated heterocycles. The van der Waals surface area contributed by atoms with E-state index in [9.17, 15) is 9.59 Å². The molecular formula is C14H28N4O2. The summed E-state index contributed by atoms with van der Waals surface area (Å²) in [4.78, 5) is 29.4. The van der Waals surface area contributed by atoms with Crippen LogP contribution in [-0.4, -0.2) is 79.4 Å². The number of carbonyl (C=O) groups is 2. The molecule has 20 heavy (non-hydrogen) atoms. The van der Waals surface area contributed by atoms with Gasteiger partial charge in [-0.2, -0.15) is 0 Å². The summed E-state index contributed by atoms with van der Waals surface area (Å²) < 4.78 is 0.